The second kappa shape index (κ2) is 4.53. The molecule has 0 aliphatic carbocycles. The van der Waals surface area contributed by atoms with Gasteiger partial charge < -0.3 is 4.98 Å². The minimum absolute atomic E-state index is 0.302. The molecule has 16 heavy (non-hydrogen) atoms. The van der Waals surface area contributed by atoms with Crippen molar-refractivity contribution in [1.82, 2.24) is 9.97 Å². The molecule has 0 amide bonds. The van der Waals surface area contributed by atoms with Crippen molar-refractivity contribution >= 4 is 11.8 Å². The van der Waals surface area contributed by atoms with Gasteiger partial charge in [0.25, 0.3) is 0 Å². The number of benzene rings is 1. The van der Waals surface area contributed by atoms with Gasteiger partial charge in [-0.3, -0.25) is 0 Å². The number of nitrogens with one attached hydrogen (secondary N) is 1. The number of thioether (sulfide) groups is 1. The predicted octanol–water partition coefficient (Wildman–Crippen LogP) is 2.47. The van der Waals surface area contributed by atoms with Crippen LogP contribution in [0, 0.1) is 6.92 Å². The van der Waals surface area contributed by atoms with Gasteiger partial charge in [0.2, 0.25) is 0 Å². The Morgan fingerprint density at radius 3 is 2.50 bits per heavy atom. The summed E-state index contributed by atoms with van der Waals surface area (Å²) < 4.78 is 0. The lowest BCUT2D eigenvalue weighted by Crippen LogP contribution is -2.11. The number of aromatic nitrogens is 2. The molecular formula is C12H12N2OS. The van der Waals surface area contributed by atoms with Crippen molar-refractivity contribution in [2.45, 2.75) is 11.8 Å². The van der Waals surface area contributed by atoms with E-state index in [1.54, 1.807) is 11.8 Å². The summed E-state index contributed by atoms with van der Waals surface area (Å²) in [6.45, 7) is 1.85. The van der Waals surface area contributed by atoms with Crippen LogP contribution in [0.25, 0.3) is 11.3 Å². The van der Waals surface area contributed by atoms with Gasteiger partial charge in [0.15, 0.2) is 0 Å². The van der Waals surface area contributed by atoms with Gasteiger partial charge in [-0.15, -0.1) is 11.8 Å². The van der Waals surface area contributed by atoms with Crippen molar-refractivity contribution < 1.29 is 0 Å². The van der Waals surface area contributed by atoms with E-state index in [1.807, 2.05) is 43.5 Å². The molecule has 1 heterocycles. The number of H-pyrrole nitrogens is 1. The van der Waals surface area contributed by atoms with Gasteiger partial charge in [-0.1, -0.05) is 12.1 Å². The van der Waals surface area contributed by atoms with Crippen molar-refractivity contribution in [2.24, 2.45) is 0 Å². The van der Waals surface area contributed by atoms with Gasteiger partial charge in [-0.2, -0.15) is 4.98 Å². The molecule has 0 bridgehead atoms. The van der Waals surface area contributed by atoms with E-state index in [4.69, 9.17) is 0 Å². The fraction of sp³-hybridized carbons (Fsp3) is 0.167. The predicted molar refractivity (Wildman–Crippen MR) is 66.8 cm³/mol. The molecule has 1 aromatic carbocycles. The molecule has 2 aromatic rings. The molecule has 0 fully saturated rings. The molecule has 0 aliphatic rings. The van der Waals surface area contributed by atoms with Crippen LogP contribution in [0.15, 0.2) is 40.0 Å². The smallest absolute Gasteiger partial charge is 0.310 e. The highest BCUT2D eigenvalue weighted by molar-refractivity contribution is 7.98. The van der Waals surface area contributed by atoms with E-state index >= 15 is 0 Å². The van der Waals surface area contributed by atoms with E-state index < -0.39 is 0 Å². The zero-order valence-corrected chi connectivity index (χ0v) is 9.97. The molecule has 0 radical (unpaired) electrons. The molecule has 0 spiro atoms. The van der Waals surface area contributed by atoms with Crippen LogP contribution in [0.5, 0.6) is 0 Å². The summed E-state index contributed by atoms with van der Waals surface area (Å²) in [6.07, 6.45) is 2.03. The Hall–Kier alpha value is -1.55. The summed E-state index contributed by atoms with van der Waals surface area (Å²) in [7, 11) is 0. The fourth-order valence-corrected chi connectivity index (χ4v) is 1.90. The lowest BCUT2D eigenvalue weighted by molar-refractivity contribution is 1.03. The summed E-state index contributed by atoms with van der Waals surface area (Å²) in [5.74, 6) is 0. The SMILES string of the molecule is CSc1ccc(-c2cc(C)[nH]c(=O)n2)cc1. The van der Waals surface area contributed by atoms with Crippen LogP contribution >= 0.6 is 11.8 Å². The molecule has 2 rings (SSSR count). The minimum Gasteiger partial charge on any atom is -0.310 e. The van der Waals surface area contributed by atoms with E-state index in [9.17, 15) is 4.79 Å². The zero-order chi connectivity index (χ0) is 11.5. The van der Waals surface area contributed by atoms with Crippen LogP contribution in [0.1, 0.15) is 5.69 Å². The number of hydrogen-bond acceptors (Lipinski definition) is 3. The first-order chi connectivity index (χ1) is 7.69. The first-order valence-corrected chi connectivity index (χ1v) is 6.14. The molecule has 0 aliphatic heterocycles. The number of rotatable bonds is 2. The normalized spacial score (nSPS) is 10.4. The quantitative estimate of drug-likeness (QED) is 0.809. The Balaban J connectivity index is 2.46. The highest BCUT2D eigenvalue weighted by atomic mass is 32.2. The first-order valence-electron chi connectivity index (χ1n) is 4.91. The van der Waals surface area contributed by atoms with Crippen LogP contribution in [0.3, 0.4) is 0 Å². The average Bonchev–Trinajstić information content (AvgIpc) is 2.28. The molecule has 3 nitrogen and oxygen atoms in total. The van der Waals surface area contributed by atoms with Gasteiger partial charge in [0.05, 0.1) is 5.69 Å². The van der Waals surface area contributed by atoms with E-state index in [-0.39, 0.29) is 5.69 Å². The Morgan fingerprint density at radius 1 is 1.25 bits per heavy atom. The van der Waals surface area contributed by atoms with Crippen molar-refractivity contribution in [2.75, 3.05) is 6.26 Å². The number of hydrogen-bond donors (Lipinski definition) is 1. The maximum atomic E-state index is 11.2. The largest absolute Gasteiger partial charge is 0.345 e. The van der Waals surface area contributed by atoms with E-state index in [0.29, 0.717) is 5.69 Å². The van der Waals surface area contributed by atoms with E-state index in [1.165, 1.54) is 4.90 Å². The van der Waals surface area contributed by atoms with Crippen LogP contribution < -0.4 is 5.69 Å². The lowest BCUT2D eigenvalue weighted by Gasteiger charge is -2.02. The zero-order valence-electron chi connectivity index (χ0n) is 9.15. The standard InChI is InChI=1S/C12H12N2OS/c1-8-7-11(14-12(15)13-8)9-3-5-10(16-2)6-4-9/h3-7H,1-2H3,(H,13,14,15). The summed E-state index contributed by atoms with van der Waals surface area (Å²) in [5, 5.41) is 0. The maximum Gasteiger partial charge on any atom is 0.345 e. The fourth-order valence-electron chi connectivity index (χ4n) is 1.49. The van der Waals surface area contributed by atoms with Crippen LogP contribution in [0.2, 0.25) is 0 Å². The second-order valence-corrected chi connectivity index (χ2v) is 4.36. The Kier molecular flexibility index (Phi) is 3.10. The molecule has 0 atom stereocenters. The topological polar surface area (TPSA) is 45.8 Å². The summed E-state index contributed by atoms with van der Waals surface area (Å²) >= 11 is 1.69. The van der Waals surface area contributed by atoms with Crippen molar-refractivity contribution in [1.29, 1.82) is 0 Å². The first kappa shape index (κ1) is 11.0. The third-order valence-corrected chi connectivity index (χ3v) is 3.01. The summed E-state index contributed by atoms with van der Waals surface area (Å²) in [4.78, 5) is 19.0. The summed E-state index contributed by atoms with van der Waals surface area (Å²) in [5.41, 5.74) is 2.20. The molecule has 82 valence electrons. The van der Waals surface area contributed by atoms with E-state index in [0.717, 1.165) is 11.3 Å². The van der Waals surface area contributed by atoms with Crippen LogP contribution in [-0.2, 0) is 0 Å². The van der Waals surface area contributed by atoms with Crippen molar-refractivity contribution in [3.05, 3.63) is 46.5 Å². The van der Waals surface area contributed by atoms with Gasteiger partial charge in [0.1, 0.15) is 0 Å². The third-order valence-electron chi connectivity index (χ3n) is 2.27. The molecule has 1 N–H and O–H groups in total. The van der Waals surface area contributed by atoms with Gasteiger partial charge in [0, 0.05) is 16.2 Å². The Bertz CT molecular complexity index is 546. The van der Waals surface area contributed by atoms with Crippen LogP contribution in [-0.4, -0.2) is 16.2 Å². The highest BCUT2D eigenvalue weighted by Crippen LogP contribution is 2.20. The third kappa shape index (κ3) is 2.33. The van der Waals surface area contributed by atoms with Gasteiger partial charge in [-0.05, 0) is 31.4 Å². The molecule has 1 aromatic heterocycles. The van der Waals surface area contributed by atoms with E-state index in [2.05, 4.69) is 9.97 Å². The van der Waals surface area contributed by atoms with Gasteiger partial charge in [-0.25, -0.2) is 4.79 Å². The molecule has 0 unspecified atom stereocenters. The van der Waals surface area contributed by atoms with Crippen molar-refractivity contribution in [3.8, 4) is 11.3 Å². The maximum absolute atomic E-state index is 11.2. The molecular weight excluding hydrogens is 220 g/mol. The Morgan fingerprint density at radius 2 is 1.94 bits per heavy atom. The number of nitrogens with zero attached hydrogens (tertiary/aromatic N) is 1. The second-order valence-electron chi connectivity index (χ2n) is 3.48. The minimum atomic E-state index is -0.302. The molecule has 0 saturated carbocycles. The van der Waals surface area contributed by atoms with Gasteiger partial charge >= 0.3 is 5.69 Å². The molecule has 4 heteroatoms. The summed E-state index contributed by atoms with van der Waals surface area (Å²) in [6, 6.07) is 9.88. The monoisotopic (exact) mass is 232 g/mol. The number of aryl methyl sites for hydroxylation is 1. The molecule has 0 saturated heterocycles. The Labute approximate surface area is 97.9 Å². The number of aromatic amines is 1. The lowest BCUT2D eigenvalue weighted by atomic mass is 10.1. The highest BCUT2D eigenvalue weighted by Gasteiger charge is 2.01. The van der Waals surface area contributed by atoms with Crippen molar-refractivity contribution in [3.63, 3.8) is 0 Å². The van der Waals surface area contributed by atoms with Crippen LogP contribution in [0.4, 0.5) is 0 Å². The average molecular weight is 232 g/mol.